The maximum atomic E-state index is 6.47. The monoisotopic (exact) mass is 844 g/mol. The van der Waals surface area contributed by atoms with E-state index in [4.69, 9.17) is 9.47 Å². The van der Waals surface area contributed by atoms with Gasteiger partial charge in [-0.2, -0.15) is 0 Å². The molecule has 0 saturated heterocycles. The second-order valence-corrected chi connectivity index (χ2v) is 53.1. The molecule has 2 unspecified atom stereocenters. The Kier molecular flexibility index (Phi) is 11.0. The summed E-state index contributed by atoms with van der Waals surface area (Å²) in [5.74, 6) is 2.04. The van der Waals surface area contributed by atoms with Gasteiger partial charge in [0, 0.05) is 0 Å². The molecule has 0 spiro atoms. The predicted molar refractivity (Wildman–Crippen MR) is 244 cm³/mol. The summed E-state index contributed by atoms with van der Waals surface area (Å²) in [4.78, 5) is 0. The second-order valence-electron chi connectivity index (χ2n) is 22.6. The number of rotatable bonds is 8. The van der Waals surface area contributed by atoms with Gasteiger partial charge in [-0.05, 0) is 0 Å². The number of allylic oxidation sites excluding steroid dienone is 2. The summed E-state index contributed by atoms with van der Waals surface area (Å²) < 4.78 is 19.3. The third kappa shape index (κ3) is 7.93. The molecule has 56 heavy (non-hydrogen) atoms. The van der Waals surface area contributed by atoms with Crippen molar-refractivity contribution in [1.29, 1.82) is 0 Å². The van der Waals surface area contributed by atoms with E-state index in [1.165, 1.54) is 55.6 Å². The molecule has 6 rings (SSSR count). The number of benzene rings is 4. The number of hydrogen-bond donors (Lipinski definition) is 0. The van der Waals surface area contributed by atoms with E-state index in [-0.39, 0.29) is 21.7 Å². The molecule has 4 heteroatoms. The van der Waals surface area contributed by atoms with Gasteiger partial charge in [-0.15, -0.1) is 0 Å². The van der Waals surface area contributed by atoms with Crippen LogP contribution in [0.1, 0.15) is 137 Å². The van der Waals surface area contributed by atoms with E-state index in [1.54, 1.807) is 11.1 Å². The zero-order valence-corrected chi connectivity index (χ0v) is 41.5. The van der Waals surface area contributed by atoms with Crippen LogP contribution in [0.3, 0.4) is 0 Å². The minimum atomic E-state index is -4.16. The van der Waals surface area contributed by atoms with E-state index in [2.05, 4.69) is 184 Å². The molecular weight excluding hydrogens is 776 g/mol. The van der Waals surface area contributed by atoms with Gasteiger partial charge in [0.25, 0.3) is 0 Å². The molecule has 0 fully saturated rings. The molecule has 0 aliphatic heterocycles. The molecule has 0 heterocycles. The van der Waals surface area contributed by atoms with Crippen LogP contribution in [0, 0.1) is 10.8 Å². The zero-order valence-electron chi connectivity index (χ0n) is 37.7. The van der Waals surface area contributed by atoms with Gasteiger partial charge in [-0.25, -0.2) is 0 Å². The molecule has 0 N–H and O–H groups in total. The maximum absolute atomic E-state index is 6.47. The average molecular weight is 846 g/mol. The normalized spacial score (nSPS) is 17.7. The fraction of sp³-hybridized carbons (Fsp3) is 0.462. The van der Waals surface area contributed by atoms with Crippen molar-refractivity contribution in [1.82, 2.24) is 0 Å². The molecule has 2 aliphatic rings. The van der Waals surface area contributed by atoms with Gasteiger partial charge in [0.05, 0.1) is 0 Å². The van der Waals surface area contributed by atoms with Crippen molar-refractivity contribution in [2.45, 2.75) is 123 Å². The molecule has 4 aromatic carbocycles. The van der Waals surface area contributed by atoms with E-state index in [1.807, 2.05) is 14.2 Å². The Morgan fingerprint density at radius 3 is 1.12 bits per heavy atom. The van der Waals surface area contributed by atoms with Crippen molar-refractivity contribution < 1.29 is 26.9 Å². The van der Waals surface area contributed by atoms with Crippen molar-refractivity contribution in [2.75, 3.05) is 14.2 Å². The molecular formula is C52H70O2SiZr. The third-order valence-electron chi connectivity index (χ3n) is 12.2. The summed E-state index contributed by atoms with van der Waals surface area (Å²) in [7, 11) is 3.73. The molecule has 0 saturated carbocycles. The summed E-state index contributed by atoms with van der Waals surface area (Å²) in [5, 5.41) is 0. The quantitative estimate of drug-likeness (QED) is 0.165. The fourth-order valence-corrected chi connectivity index (χ4v) is 30.0. The summed E-state index contributed by atoms with van der Waals surface area (Å²) in [5.41, 5.74) is 16.6. The van der Waals surface area contributed by atoms with Crippen molar-refractivity contribution >= 4 is 19.0 Å². The molecule has 0 bridgehead atoms. The van der Waals surface area contributed by atoms with E-state index >= 15 is 0 Å². The van der Waals surface area contributed by atoms with Gasteiger partial charge >= 0.3 is 345 Å². The molecule has 4 aromatic rings. The molecule has 2 aliphatic carbocycles. The molecule has 298 valence electrons. The van der Waals surface area contributed by atoms with Crippen molar-refractivity contribution in [3.05, 3.63) is 117 Å². The Balaban J connectivity index is 1.76. The molecule has 2 atom stereocenters. The average Bonchev–Trinajstić information content (AvgIpc) is 3.62. The van der Waals surface area contributed by atoms with Gasteiger partial charge in [-0.1, -0.05) is 0 Å². The first-order valence-corrected chi connectivity index (χ1v) is 34.5. The Labute approximate surface area is 343 Å². The van der Waals surface area contributed by atoms with Gasteiger partial charge in [0.1, 0.15) is 0 Å². The SMILES string of the molecule is COc1c(C(C)(C)C)cc2c(c1-c1ccccc1)C=C(CC(C)(C)C)[CH]2[Zr]([CH3])([CH3])(=[SiH2])[CH]1C(CC(C)(C)C)=Cc2c1cc(C(C)(C)C)c(OC)c2-c1ccccc1. The second kappa shape index (κ2) is 14.4. The Morgan fingerprint density at radius 1 is 0.536 bits per heavy atom. The summed E-state index contributed by atoms with van der Waals surface area (Å²) in [6.07, 6.45) is 7.37. The van der Waals surface area contributed by atoms with E-state index in [0.29, 0.717) is 7.25 Å². The third-order valence-corrected chi connectivity index (χ3v) is 29.7. The molecule has 0 radical (unpaired) electrons. The molecule has 0 amide bonds. The van der Waals surface area contributed by atoms with Crippen LogP contribution in [0.15, 0.2) is 83.9 Å². The number of hydrogen-bond acceptors (Lipinski definition) is 2. The van der Waals surface area contributed by atoms with Gasteiger partial charge < -0.3 is 0 Å². The van der Waals surface area contributed by atoms with Crippen LogP contribution in [-0.2, 0) is 28.2 Å². The summed E-state index contributed by atoms with van der Waals surface area (Å²) in [6.45, 7) is 31.1. The van der Waals surface area contributed by atoms with Crippen LogP contribution < -0.4 is 9.47 Å². The first-order valence-electron chi connectivity index (χ1n) is 20.9. The van der Waals surface area contributed by atoms with Crippen LogP contribution >= 0.6 is 0 Å². The Hall–Kier alpha value is -2.94. The van der Waals surface area contributed by atoms with Crippen LogP contribution in [-0.4, -0.2) is 21.1 Å². The predicted octanol–water partition coefficient (Wildman–Crippen LogP) is 14.4. The molecule has 2 nitrogen and oxygen atoms in total. The Bertz CT molecular complexity index is 2120. The summed E-state index contributed by atoms with van der Waals surface area (Å²) >= 11 is -4.16. The van der Waals surface area contributed by atoms with Crippen molar-refractivity contribution in [3.8, 4) is 33.8 Å². The van der Waals surface area contributed by atoms with E-state index in [9.17, 15) is 0 Å². The first kappa shape index (κ1) is 42.7. The Morgan fingerprint density at radius 2 is 0.857 bits per heavy atom. The summed E-state index contributed by atoms with van der Waals surface area (Å²) in [6, 6.07) is 27.2. The van der Waals surface area contributed by atoms with Crippen LogP contribution in [0.5, 0.6) is 11.5 Å². The molecule has 0 aromatic heterocycles. The fourth-order valence-electron chi connectivity index (χ4n) is 10.4. The standard InChI is InChI=1S/2C25H31O.2CH3.H2Si.Zr/c2*1-24(2,3)16-17-13-19-15-21(25(4,5)6)23(26-7)22(20(19)14-17)18-11-9-8-10-12-18;;;;/h2*8-15H,16H2,1-7H3;2*1H3;1H2;. The van der Waals surface area contributed by atoms with Crippen LogP contribution in [0.2, 0.25) is 9.26 Å². The topological polar surface area (TPSA) is 18.5 Å². The van der Waals surface area contributed by atoms with Gasteiger partial charge in [-0.3, -0.25) is 0 Å². The number of methoxy groups -OCH3 is 2. The van der Waals surface area contributed by atoms with Gasteiger partial charge in [0.2, 0.25) is 0 Å². The minimum absolute atomic E-state index is 0.107. The van der Waals surface area contributed by atoms with Crippen LogP contribution in [0.4, 0.5) is 0 Å². The van der Waals surface area contributed by atoms with Gasteiger partial charge in [0.15, 0.2) is 0 Å². The number of fused-ring (bicyclic) bond motifs is 2. The van der Waals surface area contributed by atoms with E-state index < -0.39 is 17.4 Å². The zero-order chi connectivity index (χ0) is 41.4. The number of ether oxygens (including phenoxy) is 2. The van der Waals surface area contributed by atoms with Crippen molar-refractivity contribution in [2.24, 2.45) is 10.8 Å². The van der Waals surface area contributed by atoms with Crippen molar-refractivity contribution in [3.63, 3.8) is 0 Å². The first-order chi connectivity index (χ1) is 25.8. The van der Waals surface area contributed by atoms with E-state index in [0.717, 1.165) is 24.3 Å². The van der Waals surface area contributed by atoms with Crippen LogP contribution in [0.25, 0.3) is 34.4 Å².